The standard InChI is InChI=1S/C15H16F2N2O/c1-3-20-12-7-10(18)6-11(8-12)19-15-13(16)5-4-9(2)14(15)17/h4-8,19H,3,18H2,1-2H3. The largest absolute Gasteiger partial charge is 0.494 e. The average Bonchev–Trinajstić information content (AvgIpc) is 2.39. The van der Waals surface area contributed by atoms with E-state index in [4.69, 9.17) is 10.5 Å². The van der Waals surface area contributed by atoms with Gasteiger partial charge in [0.2, 0.25) is 0 Å². The Labute approximate surface area is 116 Å². The third kappa shape index (κ3) is 2.99. The molecule has 3 N–H and O–H groups in total. The molecule has 106 valence electrons. The number of benzene rings is 2. The van der Waals surface area contributed by atoms with E-state index in [1.165, 1.54) is 12.1 Å². The maximum atomic E-state index is 13.9. The van der Waals surface area contributed by atoms with Crippen molar-refractivity contribution < 1.29 is 13.5 Å². The molecule has 3 nitrogen and oxygen atoms in total. The van der Waals surface area contributed by atoms with Crippen molar-refractivity contribution >= 4 is 17.1 Å². The molecule has 0 saturated heterocycles. The fraction of sp³-hybridized carbons (Fsp3) is 0.200. The lowest BCUT2D eigenvalue weighted by molar-refractivity contribution is 0.340. The predicted molar refractivity (Wildman–Crippen MR) is 76.4 cm³/mol. The molecule has 20 heavy (non-hydrogen) atoms. The summed E-state index contributed by atoms with van der Waals surface area (Å²) in [6.07, 6.45) is 0. The number of nitrogen functional groups attached to an aromatic ring is 1. The Bertz CT molecular complexity index is 630. The van der Waals surface area contributed by atoms with Gasteiger partial charge in [-0.2, -0.15) is 0 Å². The highest BCUT2D eigenvalue weighted by atomic mass is 19.1. The molecule has 2 aromatic rings. The Morgan fingerprint density at radius 2 is 1.95 bits per heavy atom. The van der Waals surface area contributed by atoms with Gasteiger partial charge in [-0.15, -0.1) is 0 Å². The van der Waals surface area contributed by atoms with E-state index < -0.39 is 11.6 Å². The highest BCUT2D eigenvalue weighted by molar-refractivity contribution is 5.67. The molecule has 0 aliphatic heterocycles. The van der Waals surface area contributed by atoms with E-state index in [0.717, 1.165) is 0 Å². The summed E-state index contributed by atoms with van der Waals surface area (Å²) in [5.41, 5.74) is 6.83. The highest BCUT2D eigenvalue weighted by Crippen LogP contribution is 2.29. The monoisotopic (exact) mass is 278 g/mol. The molecular formula is C15H16F2N2O. The maximum absolute atomic E-state index is 13.9. The van der Waals surface area contributed by atoms with Crippen LogP contribution in [0.4, 0.5) is 25.8 Å². The van der Waals surface area contributed by atoms with Crippen LogP contribution in [0, 0.1) is 18.6 Å². The molecule has 0 amide bonds. The molecule has 0 aliphatic rings. The van der Waals surface area contributed by atoms with Crippen molar-refractivity contribution in [1.29, 1.82) is 0 Å². The molecule has 0 aromatic heterocycles. The van der Waals surface area contributed by atoms with E-state index in [9.17, 15) is 8.78 Å². The van der Waals surface area contributed by atoms with Crippen molar-refractivity contribution in [2.45, 2.75) is 13.8 Å². The molecule has 0 aliphatic carbocycles. The van der Waals surface area contributed by atoms with Crippen molar-refractivity contribution in [3.05, 3.63) is 47.5 Å². The minimum Gasteiger partial charge on any atom is -0.494 e. The van der Waals surface area contributed by atoms with E-state index in [1.54, 1.807) is 25.1 Å². The summed E-state index contributed by atoms with van der Waals surface area (Å²) in [6.45, 7) is 3.90. The Balaban J connectivity index is 2.37. The Morgan fingerprint density at radius 3 is 2.65 bits per heavy atom. The molecule has 0 bridgehead atoms. The molecule has 0 unspecified atom stereocenters. The van der Waals surface area contributed by atoms with Crippen molar-refractivity contribution in [2.24, 2.45) is 0 Å². The van der Waals surface area contributed by atoms with Crippen molar-refractivity contribution in [1.82, 2.24) is 0 Å². The first kappa shape index (κ1) is 14.1. The fourth-order valence-electron chi connectivity index (χ4n) is 1.86. The van der Waals surface area contributed by atoms with Crippen molar-refractivity contribution in [3.63, 3.8) is 0 Å². The van der Waals surface area contributed by atoms with Crippen molar-refractivity contribution in [2.75, 3.05) is 17.7 Å². The number of ether oxygens (including phenoxy) is 1. The van der Waals surface area contributed by atoms with Gasteiger partial charge in [-0.3, -0.25) is 0 Å². The zero-order valence-corrected chi connectivity index (χ0v) is 11.3. The topological polar surface area (TPSA) is 47.3 Å². The van der Waals surface area contributed by atoms with E-state index in [1.807, 2.05) is 6.92 Å². The van der Waals surface area contributed by atoms with Gasteiger partial charge in [-0.05, 0) is 31.5 Å². The third-order valence-corrected chi connectivity index (χ3v) is 2.79. The van der Waals surface area contributed by atoms with E-state index in [2.05, 4.69) is 5.32 Å². The van der Waals surface area contributed by atoms with Gasteiger partial charge in [0.15, 0.2) is 5.82 Å². The number of aryl methyl sites for hydroxylation is 1. The Hall–Kier alpha value is -2.30. The van der Waals surface area contributed by atoms with Crippen LogP contribution in [0.1, 0.15) is 12.5 Å². The molecule has 0 radical (unpaired) electrons. The number of nitrogens with two attached hydrogens (primary N) is 1. The summed E-state index contributed by atoms with van der Waals surface area (Å²) < 4.78 is 33.0. The van der Waals surface area contributed by atoms with Gasteiger partial charge in [0.05, 0.1) is 6.61 Å². The van der Waals surface area contributed by atoms with Crippen molar-refractivity contribution in [3.8, 4) is 5.75 Å². The number of halogens is 2. The molecule has 0 fully saturated rings. The average molecular weight is 278 g/mol. The lowest BCUT2D eigenvalue weighted by Crippen LogP contribution is -2.01. The quantitative estimate of drug-likeness (QED) is 0.831. The number of hydrogen-bond acceptors (Lipinski definition) is 3. The molecule has 2 aromatic carbocycles. The summed E-state index contributed by atoms with van der Waals surface area (Å²) in [4.78, 5) is 0. The van der Waals surface area contributed by atoms with Crippen LogP contribution in [-0.2, 0) is 0 Å². The number of rotatable bonds is 4. The van der Waals surface area contributed by atoms with Gasteiger partial charge < -0.3 is 15.8 Å². The summed E-state index contributed by atoms with van der Waals surface area (Å²) >= 11 is 0. The zero-order chi connectivity index (χ0) is 14.7. The zero-order valence-electron chi connectivity index (χ0n) is 11.3. The smallest absolute Gasteiger partial charge is 0.152 e. The first-order valence-corrected chi connectivity index (χ1v) is 6.26. The third-order valence-electron chi connectivity index (χ3n) is 2.79. The van der Waals surface area contributed by atoms with Crippen LogP contribution >= 0.6 is 0 Å². The number of nitrogens with one attached hydrogen (secondary N) is 1. The second-order valence-corrected chi connectivity index (χ2v) is 4.40. The predicted octanol–water partition coefficient (Wildman–Crippen LogP) is 4.00. The Morgan fingerprint density at radius 1 is 1.20 bits per heavy atom. The highest BCUT2D eigenvalue weighted by Gasteiger charge is 2.12. The van der Waals surface area contributed by atoms with Gasteiger partial charge in [0, 0.05) is 23.5 Å². The molecule has 0 saturated carbocycles. The Kier molecular flexibility index (Phi) is 4.08. The van der Waals surface area contributed by atoms with Crippen LogP contribution in [0.3, 0.4) is 0 Å². The first-order valence-electron chi connectivity index (χ1n) is 6.26. The van der Waals surface area contributed by atoms with Gasteiger partial charge in [-0.25, -0.2) is 8.78 Å². The van der Waals surface area contributed by atoms with Crippen LogP contribution in [0.25, 0.3) is 0 Å². The van der Waals surface area contributed by atoms with Gasteiger partial charge in [0.25, 0.3) is 0 Å². The van der Waals surface area contributed by atoms with E-state index >= 15 is 0 Å². The van der Waals surface area contributed by atoms with Gasteiger partial charge in [0.1, 0.15) is 17.3 Å². The lowest BCUT2D eigenvalue weighted by Gasteiger charge is -2.12. The van der Waals surface area contributed by atoms with Crippen LogP contribution in [-0.4, -0.2) is 6.61 Å². The van der Waals surface area contributed by atoms with Crippen LogP contribution in [0.5, 0.6) is 5.75 Å². The minimum atomic E-state index is -0.659. The van der Waals surface area contributed by atoms with Crippen LogP contribution < -0.4 is 15.8 Å². The molecule has 5 heteroatoms. The maximum Gasteiger partial charge on any atom is 0.152 e. The SMILES string of the molecule is CCOc1cc(N)cc(Nc2c(F)ccc(C)c2F)c1. The fourth-order valence-corrected chi connectivity index (χ4v) is 1.86. The number of hydrogen-bond donors (Lipinski definition) is 2. The second-order valence-electron chi connectivity index (χ2n) is 4.40. The summed E-state index contributed by atoms with van der Waals surface area (Å²) in [5.74, 6) is -0.734. The molecule has 0 spiro atoms. The molecule has 0 atom stereocenters. The molecular weight excluding hydrogens is 262 g/mol. The lowest BCUT2D eigenvalue weighted by atomic mass is 10.2. The molecule has 2 rings (SSSR count). The van der Waals surface area contributed by atoms with E-state index in [-0.39, 0.29) is 5.69 Å². The van der Waals surface area contributed by atoms with Gasteiger partial charge in [-0.1, -0.05) is 6.07 Å². The van der Waals surface area contributed by atoms with Crippen LogP contribution in [0.15, 0.2) is 30.3 Å². The van der Waals surface area contributed by atoms with E-state index in [0.29, 0.717) is 29.3 Å². The first-order chi connectivity index (χ1) is 9.51. The second kappa shape index (κ2) is 5.77. The summed E-state index contributed by atoms with van der Waals surface area (Å²) in [6, 6.07) is 7.49. The minimum absolute atomic E-state index is 0.196. The molecule has 0 heterocycles. The summed E-state index contributed by atoms with van der Waals surface area (Å²) in [7, 11) is 0. The van der Waals surface area contributed by atoms with Crippen LogP contribution in [0.2, 0.25) is 0 Å². The summed E-state index contributed by atoms with van der Waals surface area (Å²) in [5, 5.41) is 2.71. The van der Waals surface area contributed by atoms with Gasteiger partial charge >= 0.3 is 0 Å². The number of anilines is 3. The normalized spacial score (nSPS) is 10.4.